The van der Waals surface area contributed by atoms with Gasteiger partial charge in [0.2, 0.25) is 15.9 Å². The fourth-order valence-electron chi connectivity index (χ4n) is 3.32. The summed E-state index contributed by atoms with van der Waals surface area (Å²) in [7, 11) is -3.87. The van der Waals surface area contributed by atoms with Crippen LogP contribution < -0.4 is 10.6 Å². The minimum Gasteiger partial charge on any atom is -0.449 e. The van der Waals surface area contributed by atoms with Crippen molar-refractivity contribution in [2.75, 3.05) is 25.0 Å². The Balaban J connectivity index is 1.61. The number of halogens is 1. The number of nitrogens with one attached hydrogen (secondary N) is 2. The second kappa shape index (κ2) is 7.75. The van der Waals surface area contributed by atoms with Crippen LogP contribution in [0.1, 0.15) is 16.1 Å². The molecule has 10 heteroatoms. The van der Waals surface area contributed by atoms with Crippen molar-refractivity contribution in [2.45, 2.75) is 11.8 Å². The van der Waals surface area contributed by atoms with E-state index in [0.29, 0.717) is 16.2 Å². The predicted molar refractivity (Wildman–Crippen MR) is 112 cm³/mol. The molecule has 4 rings (SSSR count). The number of hydrogen-bond donors (Lipinski definition) is 2. The molecule has 1 aliphatic heterocycles. The van der Waals surface area contributed by atoms with Gasteiger partial charge in [-0.25, -0.2) is 8.42 Å². The van der Waals surface area contributed by atoms with Gasteiger partial charge in [0.1, 0.15) is 0 Å². The standard InChI is InChI=1S/C20H18ClN3O5S/c1-12-15-6-3-7-16(21)19(15)29-18(12)20(26)23-13-4-2-5-14(10-13)30(27,28)24-9-8-22-17(25)11-24/h2-7,10H,8-9,11H2,1H3,(H,22,25)(H,23,26). The Labute approximate surface area is 177 Å². The summed E-state index contributed by atoms with van der Waals surface area (Å²) in [5.41, 5.74) is 1.34. The average Bonchev–Trinajstić information content (AvgIpc) is 3.06. The number of para-hydroxylation sites is 1. The van der Waals surface area contributed by atoms with E-state index >= 15 is 0 Å². The van der Waals surface area contributed by atoms with Crippen LogP contribution in [0.15, 0.2) is 51.8 Å². The first-order valence-corrected chi connectivity index (χ1v) is 10.9. The number of sulfonamides is 1. The van der Waals surface area contributed by atoms with Crippen LogP contribution in [0.25, 0.3) is 11.0 Å². The van der Waals surface area contributed by atoms with E-state index in [2.05, 4.69) is 10.6 Å². The lowest BCUT2D eigenvalue weighted by Gasteiger charge is -2.26. The lowest BCUT2D eigenvalue weighted by Crippen LogP contribution is -2.49. The quantitative estimate of drug-likeness (QED) is 0.639. The Hall–Kier alpha value is -2.88. The molecule has 3 aromatic rings. The van der Waals surface area contributed by atoms with E-state index in [1.54, 1.807) is 31.2 Å². The Bertz CT molecular complexity index is 1270. The zero-order chi connectivity index (χ0) is 21.5. The van der Waals surface area contributed by atoms with Gasteiger partial charge >= 0.3 is 0 Å². The lowest BCUT2D eigenvalue weighted by molar-refractivity contribution is -0.122. The molecule has 156 valence electrons. The summed E-state index contributed by atoms with van der Waals surface area (Å²) in [5.74, 6) is -0.779. The van der Waals surface area contributed by atoms with Gasteiger partial charge in [0.25, 0.3) is 5.91 Å². The second-order valence-electron chi connectivity index (χ2n) is 6.84. The summed E-state index contributed by atoms with van der Waals surface area (Å²) in [6.07, 6.45) is 0. The SMILES string of the molecule is Cc1c(C(=O)Nc2cccc(S(=O)(=O)N3CCNC(=O)C3)c2)oc2c(Cl)cccc12. The van der Waals surface area contributed by atoms with E-state index in [4.69, 9.17) is 16.0 Å². The number of rotatable bonds is 4. The molecule has 1 saturated heterocycles. The zero-order valence-electron chi connectivity index (χ0n) is 15.9. The monoisotopic (exact) mass is 447 g/mol. The summed E-state index contributed by atoms with van der Waals surface area (Å²) in [4.78, 5) is 24.3. The predicted octanol–water partition coefficient (Wildman–Crippen LogP) is 2.77. The van der Waals surface area contributed by atoms with Crippen molar-refractivity contribution < 1.29 is 22.4 Å². The smallest absolute Gasteiger partial charge is 0.291 e. The molecule has 0 saturated carbocycles. The summed E-state index contributed by atoms with van der Waals surface area (Å²) in [5, 5.41) is 6.38. The van der Waals surface area contributed by atoms with E-state index in [9.17, 15) is 18.0 Å². The van der Waals surface area contributed by atoms with Gasteiger partial charge in [0.05, 0.1) is 16.5 Å². The van der Waals surface area contributed by atoms with E-state index < -0.39 is 15.9 Å². The third-order valence-electron chi connectivity index (χ3n) is 4.85. The summed E-state index contributed by atoms with van der Waals surface area (Å²) in [6, 6.07) is 11.1. The van der Waals surface area contributed by atoms with Crippen molar-refractivity contribution in [3.8, 4) is 0 Å². The van der Waals surface area contributed by atoms with Crippen molar-refractivity contribution in [3.63, 3.8) is 0 Å². The molecular formula is C20H18ClN3O5S. The minimum absolute atomic E-state index is 0.0145. The highest BCUT2D eigenvalue weighted by atomic mass is 35.5. The molecule has 8 nitrogen and oxygen atoms in total. The topological polar surface area (TPSA) is 109 Å². The van der Waals surface area contributed by atoms with Crippen molar-refractivity contribution in [3.05, 3.63) is 58.8 Å². The van der Waals surface area contributed by atoms with Gasteiger partial charge < -0.3 is 15.1 Å². The van der Waals surface area contributed by atoms with E-state index in [0.717, 1.165) is 9.69 Å². The largest absolute Gasteiger partial charge is 0.449 e. The molecule has 0 aliphatic carbocycles. The third kappa shape index (κ3) is 3.67. The maximum Gasteiger partial charge on any atom is 0.291 e. The maximum absolute atomic E-state index is 12.8. The van der Waals surface area contributed by atoms with Crippen molar-refractivity contribution in [1.29, 1.82) is 0 Å². The third-order valence-corrected chi connectivity index (χ3v) is 6.99. The van der Waals surface area contributed by atoms with Crippen molar-refractivity contribution in [1.82, 2.24) is 9.62 Å². The fraction of sp³-hybridized carbons (Fsp3) is 0.200. The number of anilines is 1. The van der Waals surface area contributed by atoms with Gasteiger partial charge in [0.15, 0.2) is 11.3 Å². The summed E-state index contributed by atoms with van der Waals surface area (Å²) in [6.45, 7) is 1.95. The minimum atomic E-state index is -3.87. The van der Waals surface area contributed by atoms with E-state index in [-0.39, 0.29) is 41.9 Å². The Morgan fingerprint density at radius 3 is 2.73 bits per heavy atom. The number of fused-ring (bicyclic) bond motifs is 1. The number of carbonyl (C=O) groups is 2. The number of aryl methyl sites for hydroxylation is 1. The molecule has 2 aromatic carbocycles. The van der Waals surface area contributed by atoms with Gasteiger partial charge in [0, 0.05) is 29.7 Å². The van der Waals surface area contributed by atoms with Crippen LogP contribution in [-0.2, 0) is 14.8 Å². The lowest BCUT2D eigenvalue weighted by atomic mass is 10.1. The van der Waals surface area contributed by atoms with Crippen LogP contribution in [0.3, 0.4) is 0 Å². The molecule has 0 radical (unpaired) electrons. The molecular weight excluding hydrogens is 430 g/mol. The molecule has 0 spiro atoms. The Morgan fingerprint density at radius 1 is 1.23 bits per heavy atom. The molecule has 0 atom stereocenters. The zero-order valence-corrected chi connectivity index (χ0v) is 17.5. The first kappa shape index (κ1) is 20.4. The van der Waals surface area contributed by atoms with Gasteiger partial charge in [-0.1, -0.05) is 29.8 Å². The maximum atomic E-state index is 12.8. The van der Waals surface area contributed by atoms with Gasteiger partial charge in [-0.05, 0) is 31.2 Å². The molecule has 30 heavy (non-hydrogen) atoms. The van der Waals surface area contributed by atoms with Crippen molar-refractivity contribution in [2.24, 2.45) is 0 Å². The number of hydrogen-bond acceptors (Lipinski definition) is 5. The van der Waals surface area contributed by atoms with Gasteiger partial charge in [-0.2, -0.15) is 4.31 Å². The number of benzene rings is 2. The molecule has 0 bridgehead atoms. The summed E-state index contributed by atoms with van der Waals surface area (Å²) < 4.78 is 32.5. The molecule has 0 unspecified atom stereocenters. The van der Waals surface area contributed by atoms with Crippen molar-refractivity contribution >= 4 is 50.1 Å². The Morgan fingerprint density at radius 2 is 2.00 bits per heavy atom. The van der Waals surface area contributed by atoms with Crippen LogP contribution in [0, 0.1) is 6.92 Å². The fourth-order valence-corrected chi connectivity index (χ4v) is 4.97. The number of nitrogens with zero attached hydrogens (tertiary/aromatic N) is 1. The van der Waals surface area contributed by atoms with Crippen LogP contribution in [0.4, 0.5) is 5.69 Å². The first-order chi connectivity index (χ1) is 14.3. The van der Waals surface area contributed by atoms with Gasteiger partial charge in [-0.3, -0.25) is 9.59 Å². The average molecular weight is 448 g/mol. The van der Waals surface area contributed by atoms with E-state index in [1.165, 1.54) is 18.2 Å². The number of piperazine rings is 1. The summed E-state index contributed by atoms with van der Waals surface area (Å²) >= 11 is 6.14. The number of amides is 2. The van der Waals surface area contributed by atoms with Gasteiger partial charge in [-0.15, -0.1) is 0 Å². The second-order valence-corrected chi connectivity index (χ2v) is 9.19. The highest BCUT2D eigenvalue weighted by molar-refractivity contribution is 7.89. The van der Waals surface area contributed by atoms with Crippen LogP contribution in [0.2, 0.25) is 5.02 Å². The highest BCUT2D eigenvalue weighted by Gasteiger charge is 2.29. The normalized spacial score (nSPS) is 15.2. The molecule has 1 aliphatic rings. The van der Waals surface area contributed by atoms with Crippen LogP contribution in [0.5, 0.6) is 0 Å². The van der Waals surface area contributed by atoms with E-state index in [1.807, 2.05) is 0 Å². The molecule has 1 aromatic heterocycles. The molecule has 1 fully saturated rings. The van der Waals surface area contributed by atoms with Crippen LogP contribution in [-0.4, -0.2) is 44.2 Å². The Kier molecular flexibility index (Phi) is 5.27. The molecule has 2 amide bonds. The van der Waals surface area contributed by atoms with Crippen LogP contribution >= 0.6 is 11.6 Å². The molecule has 2 heterocycles. The number of carbonyl (C=O) groups excluding carboxylic acids is 2. The first-order valence-electron chi connectivity index (χ1n) is 9.13. The molecule has 2 N–H and O–H groups in total. The number of furan rings is 1. The highest BCUT2D eigenvalue weighted by Crippen LogP contribution is 2.31.